The van der Waals surface area contributed by atoms with Gasteiger partial charge < -0.3 is 10.7 Å². The van der Waals surface area contributed by atoms with Crippen molar-refractivity contribution in [3.63, 3.8) is 0 Å². The van der Waals surface area contributed by atoms with E-state index < -0.39 is 4.92 Å². The lowest BCUT2D eigenvalue weighted by molar-refractivity contribution is -0.384. The van der Waals surface area contributed by atoms with Gasteiger partial charge in [-0.3, -0.25) is 14.9 Å². The van der Waals surface area contributed by atoms with Crippen LogP contribution in [0.3, 0.4) is 0 Å². The Kier molecular flexibility index (Phi) is 3.08. The van der Waals surface area contributed by atoms with Crippen LogP contribution in [0, 0.1) is 17.0 Å². The zero-order valence-electron chi connectivity index (χ0n) is 10.6. The summed E-state index contributed by atoms with van der Waals surface area (Å²) in [7, 11) is 0. The van der Waals surface area contributed by atoms with E-state index in [-0.39, 0.29) is 11.5 Å². The quantitative estimate of drug-likeness (QED) is 0.502. The maximum atomic E-state index is 11.5. The van der Waals surface area contributed by atoms with Crippen LogP contribution in [0.1, 0.15) is 22.8 Å². The van der Waals surface area contributed by atoms with Crippen molar-refractivity contribution in [1.82, 2.24) is 4.98 Å². The molecular weight excluding hydrogens is 246 g/mol. The van der Waals surface area contributed by atoms with Gasteiger partial charge in [-0.2, -0.15) is 0 Å². The van der Waals surface area contributed by atoms with E-state index in [2.05, 4.69) is 4.98 Å². The van der Waals surface area contributed by atoms with E-state index in [0.29, 0.717) is 17.1 Å². The first kappa shape index (κ1) is 12.8. The number of non-ortho nitro benzene ring substituents is 1. The number of nitrogens with zero attached hydrogens (tertiary/aromatic N) is 1. The van der Waals surface area contributed by atoms with E-state index in [9.17, 15) is 14.9 Å². The van der Waals surface area contributed by atoms with Gasteiger partial charge in [-0.25, -0.2) is 0 Å². The van der Waals surface area contributed by atoms with Crippen molar-refractivity contribution in [3.05, 3.63) is 45.5 Å². The number of nitro benzene ring substituents is 1. The second kappa shape index (κ2) is 4.56. The molecule has 0 saturated heterocycles. The maximum Gasteiger partial charge on any atom is 0.269 e. The van der Waals surface area contributed by atoms with Gasteiger partial charge in [0.25, 0.3) is 5.69 Å². The number of nitrogens with one attached hydrogen (secondary N) is 1. The molecule has 0 fully saturated rings. The number of nitro groups is 1. The molecule has 0 aliphatic rings. The molecule has 19 heavy (non-hydrogen) atoms. The van der Waals surface area contributed by atoms with Gasteiger partial charge in [0, 0.05) is 12.1 Å². The highest BCUT2D eigenvalue weighted by atomic mass is 16.6. The van der Waals surface area contributed by atoms with Crippen molar-refractivity contribution in [2.24, 2.45) is 0 Å². The number of anilines is 1. The Hall–Kier alpha value is -2.63. The molecule has 1 aromatic carbocycles. The predicted octanol–water partition coefficient (Wildman–Crippen LogP) is 2.68. The molecule has 0 aliphatic carbocycles. The molecule has 0 saturated carbocycles. The molecule has 0 unspecified atom stereocenters. The summed E-state index contributed by atoms with van der Waals surface area (Å²) in [4.78, 5) is 24.6. The summed E-state index contributed by atoms with van der Waals surface area (Å²) in [6.07, 6.45) is 0. The molecule has 1 aromatic heterocycles. The van der Waals surface area contributed by atoms with Crippen molar-refractivity contribution >= 4 is 17.3 Å². The number of hydrogen-bond donors (Lipinski definition) is 2. The van der Waals surface area contributed by atoms with Crippen LogP contribution in [-0.2, 0) is 0 Å². The lowest BCUT2D eigenvalue weighted by Crippen LogP contribution is -1.98. The number of Topliss-reactive ketones (excluding diaryl/α,β-unsaturated/α-hetero) is 1. The molecule has 98 valence electrons. The zero-order valence-corrected chi connectivity index (χ0v) is 10.6. The summed E-state index contributed by atoms with van der Waals surface area (Å²) in [5.41, 5.74) is 8.47. The zero-order chi connectivity index (χ0) is 14.2. The highest BCUT2D eigenvalue weighted by Crippen LogP contribution is 2.30. The van der Waals surface area contributed by atoms with Gasteiger partial charge in [-0.15, -0.1) is 0 Å². The molecule has 6 heteroatoms. The fourth-order valence-corrected chi connectivity index (χ4v) is 2.11. The minimum absolute atomic E-state index is 0.0210. The summed E-state index contributed by atoms with van der Waals surface area (Å²) in [5, 5.41) is 10.6. The normalized spacial score (nSPS) is 10.4. The van der Waals surface area contributed by atoms with Crippen LogP contribution in [0.15, 0.2) is 24.3 Å². The number of rotatable bonds is 3. The van der Waals surface area contributed by atoms with Crippen LogP contribution in [0.4, 0.5) is 11.5 Å². The van der Waals surface area contributed by atoms with E-state index in [4.69, 9.17) is 5.73 Å². The Balaban J connectivity index is 2.51. The molecule has 1 heterocycles. The van der Waals surface area contributed by atoms with Crippen molar-refractivity contribution in [2.75, 3.05) is 5.73 Å². The number of hydrogen-bond acceptors (Lipinski definition) is 4. The number of nitrogens with two attached hydrogens (primary N) is 1. The molecule has 6 nitrogen and oxygen atoms in total. The molecule has 3 N–H and O–H groups in total. The van der Waals surface area contributed by atoms with Crippen LogP contribution < -0.4 is 5.73 Å². The highest BCUT2D eigenvalue weighted by molar-refractivity contribution is 6.02. The van der Waals surface area contributed by atoms with Gasteiger partial charge in [0.1, 0.15) is 5.82 Å². The number of aromatic nitrogens is 1. The lowest BCUT2D eigenvalue weighted by atomic mass is 10.0. The van der Waals surface area contributed by atoms with Gasteiger partial charge >= 0.3 is 0 Å². The average Bonchev–Trinajstić information content (AvgIpc) is 2.65. The van der Waals surface area contributed by atoms with E-state index in [1.54, 1.807) is 19.1 Å². The number of carbonyl (C=O) groups excluding carboxylic acids is 1. The number of ketones is 1. The Bertz CT molecular complexity index is 657. The molecule has 0 radical (unpaired) electrons. The van der Waals surface area contributed by atoms with Gasteiger partial charge in [-0.1, -0.05) is 0 Å². The van der Waals surface area contributed by atoms with E-state index in [1.165, 1.54) is 19.1 Å². The molecule has 0 aliphatic heterocycles. The number of H-pyrrole nitrogens is 1. The van der Waals surface area contributed by atoms with Crippen LogP contribution in [0.2, 0.25) is 0 Å². The fourth-order valence-electron chi connectivity index (χ4n) is 2.11. The van der Waals surface area contributed by atoms with E-state index >= 15 is 0 Å². The second-order valence-corrected chi connectivity index (χ2v) is 4.27. The Morgan fingerprint density at radius 2 is 1.89 bits per heavy atom. The molecular formula is C13H13N3O3. The van der Waals surface area contributed by atoms with Crippen LogP contribution in [-0.4, -0.2) is 15.7 Å². The van der Waals surface area contributed by atoms with Gasteiger partial charge in [0.05, 0.1) is 16.2 Å². The highest BCUT2D eigenvalue weighted by Gasteiger charge is 2.17. The van der Waals surface area contributed by atoms with Crippen molar-refractivity contribution < 1.29 is 9.72 Å². The Morgan fingerprint density at radius 3 is 2.32 bits per heavy atom. The van der Waals surface area contributed by atoms with Crippen LogP contribution in [0.5, 0.6) is 0 Å². The largest absolute Gasteiger partial charge is 0.385 e. The molecule has 2 rings (SSSR count). The molecule has 2 aromatic rings. The minimum atomic E-state index is -0.458. The van der Waals surface area contributed by atoms with Gasteiger partial charge in [0.15, 0.2) is 5.78 Å². The number of carbonyl (C=O) groups is 1. The third-order valence-electron chi connectivity index (χ3n) is 3.00. The first-order valence-electron chi connectivity index (χ1n) is 5.65. The molecule has 0 amide bonds. The van der Waals surface area contributed by atoms with Crippen molar-refractivity contribution in [1.29, 1.82) is 0 Å². The summed E-state index contributed by atoms with van der Waals surface area (Å²) in [6.45, 7) is 3.24. The minimum Gasteiger partial charge on any atom is -0.385 e. The molecule has 0 atom stereocenters. The van der Waals surface area contributed by atoms with Gasteiger partial charge in [-0.05, 0) is 37.1 Å². The summed E-state index contributed by atoms with van der Waals surface area (Å²) < 4.78 is 0. The standard InChI is InChI=1S/C13H13N3O3/c1-7-11(8(2)17)13(14)15-12(7)9-3-5-10(6-4-9)16(18)19/h3-6,15H,14H2,1-2H3. The van der Waals surface area contributed by atoms with E-state index in [0.717, 1.165) is 11.1 Å². The molecule has 0 bridgehead atoms. The summed E-state index contributed by atoms with van der Waals surface area (Å²) in [6, 6.07) is 6.08. The Labute approximate surface area is 109 Å². The molecule has 0 spiro atoms. The first-order chi connectivity index (χ1) is 8.91. The topological polar surface area (TPSA) is 102 Å². The Morgan fingerprint density at radius 1 is 1.32 bits per heavy atom. The fraction of sp³-hybridized carbons (Fsp3) is 0.154. The van der Waals surface area contributed by atoms with E-state index in [1.807, 2.05) is 0 Å². The third-order valence-corrected chi connectivity index (χ3v) is 3.00. The maximum absolute atomic E-state index is 11.5. The average molecular weight is 259 g/mol. The van der Waals surface area contributed by atoms with Gasteiger partial charge in [0.2, 0.25) is 0 Å². The van der Waals surface area contributed by atoms with Crippen LogP contribution in [0.25, 0.3) is 11.3 Å². The van der Waals surface area contributed by atoms with Crippen molar-refractivity contribution in [3.8, 4) is 11.3 Å². The number of aromatic amines is 1. The first-order valence-corrected chi connectivity index (χ1v) is 5.65. The summed E-state index contributed by atoms with van der Waals surface area (Å²) in [5.74, 6) is 0.206. The number of nitrogen functional groups attached to an aromatic ring is 1. The lowest BCUT2D eigenvalue weighted by Gasteiger charge is -2.00. The second-order valence-electron chi connectivity index (χ2n) is 4.27. The smallest absolute Gasteiger partial charge is 0.269 e. The SMILES string of the molecule is CC(=O)c1c(N)[nH]c(-c2ccc([N+](=O)[O-])cc2)c1C. The number of benzene rings is 1. The third kappa shape index (κ3) is 2.20. The monoisotopic (exact) mass is 259 g/mol. The predicted molar refractivity (Wildman–Crippen MR) is 72.0 cm³/mol. The van der Waals surface area contributed by atoms with Crippen LogP contribution >= 0.6 is 0 Å². The van der Waals surface area contributed by atoms with Crippen molar-refractivity contribution in [2.45, 2.75) is 13.8 Å². The summed E-state index contributed by atoms with van der Waals surface area (Å²) >= 11 is 0.